The minimum absolute atomic E-state index is 0.221. The largest absolute Gasteiger partial charge is 0.337 e. The zero-order valence-electron chi connectivity index (χ0n) is 11.3. The molecule has 0 spiro atoms. The number of carbonyl (C=O) groups is 1. The summed E-state index contributed by atoms with van der Waals surface area (Å²) < 4.78 is 0. The van der Waals surface area contributed by atoms with Gasteiger partial charge in [-0.1, -0.05) is 13.3 Å². The van der Waals surface area contributed by atoms with Gasteiger partial charge in [0.2, 0.25) is 5.91 Å². The summed E-state index contributed by atoms with van der Waals surface area (Å²) in [4.78, 5) is 22.3. The van der Waals surface area contributed by atoms with Gasteiger partial charge in [0.15, 0.2) is 5.82 Å². The number of hydrogen-bond acceptors (Lipinski definition) is 5. The van der Waals surface area contributed by atoms with Gasteiger partial charge >= 0.3 is 0 Å². The highest BCUT2D eigenvalue weighted by Gasteiger charge is 2.21. The Bertz CT molecular complexity index is 420. The summed E-state index contributed by atoms with van der Waals surface area (Å²) in [6, 6.07) is 0. The number of hydrogen-bond donors (Lipinski definition) is 2. The number of nitrogen functional groups attached to an aromatic ring is 1. The van der Waals surface area contributed by atoms with E-state index in [1.165, 1.54) is 0 Å². The number of hydrazine groups is 1. The minimum atomic E-state index is 0.221. The van der Waals surface area contributed by atoms with Gasteiger partial charge in [-0.05, 0) is 18.8 Å². The third kappa shape index (κ3) is 3.64. The summed E-state index contributed by atoms with van der Waals surface area (Å²) in [5.74, 6) is 6.66. The number of nitrogens with one attached hydrogen (secondary N) is 1. The van der Waals surface area contributed by atoms with E-state index >= 15 is 0 Å². The number of aromatic nitrogens is 2. The van der Waals surface area contributed by atoms with Crippen LogP contribution in [0.5, 0.6) is 0 Å². The summed E-state index contributed by atoms with van der Waals surface area (Å²) in [5, 5.41) is 0. The predicted octanol–water partition coefficient (Wildman–Crippen LogP) is 1.30. The molecule has 19 heavy (non-hydrogen) atoms. The van der Waals surface area contributed by atoms with Crippen LogP contribution in [0.2, 0.25) is 0 Å². The van der Waals surface area contributed by atoms with E-state index in [0.29, 0.717) is 24.7 Å². The van der Waals surface area contributed by atoms with E-state index < -0.39 is 0 Å². The lowest BCUT2D eigenvalue weighted by Gasteiger charge is -2.20. The van der Waals surface area contributed by atoms with Crippen LogP contribution in [0.25, 0.3) is 0 Å². The molecule has 0 saturated carbocycles. The summed E-state index contributed by atoms with van der Waals surface area (Å²) >= 11 is 0. The number of likely N-dealkylation sites (tertiary alicyclic amines) is 1. The first kappa shape index (κ1) is 13.7. The van der Waals surface area contributed by atoms with Crippen molar-refractivity contribution < 1.29 is 4.79 Å². The number of anilines is 1. The van der Waals surface area contributed by atoms with Crippen molar-refractivity contribution in [2.24, 2.45) is 11.8 Å². The van der Waals surface area contributed by atoms with Crippen LogP contribution in [0.3, 0.4) is 0 Å². The smallest absolute Gasteiger partial charge is 0.222 e. The molecule has 6 nitrogen and oxygen atoms in total. The lowest BCUT2D eigenvalue weighted by molar-refractivity contribution is -0.131. The molecular weight excluding hydrogens is 242 g/mol. The lowest BCUT2D eigenvalue weighted by atomic mass is 9.98. The molecule has 1 amide bonds. The Kier molecular flexibility index (Phi) is 4.68. The second-order valence-corrected chi connectivity index (χ2v) is 4.95. The van der Waals surface area contributed by atoms with Gasteiger partial charge in [0, 0.05) is 13.0 Å². The van der Waals surface area contributed by atoms with E-state index in [0.717, 1.165) is 31.5 Å². The average Bonchev–Trinajstić information content (AvgIpc) is 2.62. The Morgan fingerprint density at radius 3 is 2.89 bits per heavy atom. The molecule has 1 aliphatic heterocycles. The third-order valence-corrected chi connectivity index (χ3v) is 3.71. The fourth-order valence-corrected chi connectivity index (χ4v) is 2.38. The van der Waals surface area contributed by atoms with Gasteiger partial charge in [-0.15, -0.1) is 0 Å². The van der Waals surface area contributed by atoms with E-state index in [1.54, 1.807) is 12.4 Å². The Morgan fingerprint density at radius 2 is 2.26 bits per heavy atom. The molecule has 1 unspecified atom stereocenters. The maximum atomic E-state index is 12.0. The molecule has 1 aliphatic rings. The van der Waals surface area contributed by atoms with Gasteiger partial charge in [-0.3, -0.25) is 9.78 Å². The minimum Gasteiger partial charge on any atom is -0.337 e. The standard InChI is InChI=1S/C13H21N5O/c1-2-10-3-4-13(19)18(6-5-10)9-11-7-16-12(17-14)8-15-11/h7-8,10H,2-6,9,14H2,1H3,(H,16,17). The van der Waals surface area contributed by atoms with Gasteiger partial charge in [0.25, 0.3) is 0 Å². The van der Waals surface area contributed by atoms with Crippen molar-refractivity contribution in [2.45, 2.75) is 39.2 Å². The molecule has 6 heteroatoms. The van der Waals surface area contributed by atoms with Crippen molar-refractivity contribution in [3.05, 3.63) is 18.1 Å². The summed E-state index contributed by atoms with van der Waals surface area (Å²) in [6.07, 6.45) is 7.12. The molecule has 1 aromatic heterocycles. The van der Waals surface area contributed by atoms with Crippen molar-refractivity contribution in [3.63, 3.8) is 0 Å². The normalized spacial score (nSPS) is 20.2. The van der Waals surface area contributed by atoms with Gasteiger partial charge in [-0.25, -0.2) is 10.8 Å². The molecule has 1 saturated heterocycles. The third-order valence-electron chi connectivity index (χ3n) is 3.71. The van der Waals surface area contributed by atoms with Crippen molar-refractivity contribution >= 4 is 11.7 Å². The number of nitrogens with zero attached hydrogens (tertiary/aromatic N) is 3. The Hall–Kier alpha value is -1.69. The molecule has 2 heterocycles. The fourth-order valence-electron chi connectivity index (χ4n) is 2.38. The molecule has 2 rings (SSSR count). The Balaban J connectivity index is 1.98. The molecule has 1 fully saturated rings. The van der Waals surface area contributed by atoms with E-state index in [4.69, 9.17) is 5.84 Å². The highest BCUT2D eigenvalue weighted by atomic mass is 16.2. The predicted molar refractivity (Wildman–Crippen MR) is 72.9 cm³/mol. The van der Waals surface area contributed by atoms with Gasteiger partial charge in [0.1, 0.15) is 0 Å². The van der Waals surface area contributed by atoms with Crippen LogP contribution in [0.15, 0.2) is 12.4 Å². The number of amides is 1. The lowest BCUT2D eigenvalue weighted by Crippen LogP contribution is -2.30. The van der Waals surface area contributed by atoms with Crippen LogP contribution >= 0.6 is 0 Å². The summed E-state index contributed by atoms with van der Waals surface area (Å²) in [6.45, 7) is 3.54. The highest BCUT2D eigenvalue weighted by molar-refractivity contribution is 5.76. The first-order chi connectivity index (χ1) is 9.22. The summed E-state index contributed by atoms with van der Waals surface area (Å²) in [5.41, 5.74) is 3.23. The van der Waals surface area contributed by atoms with Crippen molar-refractivity contribution in [1.82, 2.24) is 14.9 Å². The maximum absolute atomic E-state index is 12.0. The molecule has 1 aromatic rings. The first-order valence-corrected chi connectivity index (χ1v) is 6.78. The molecular formula is C13H21N5O. The molecule has 0 bridgehead atoms. The maximum Gasteiger partial charge on any atom is 0.222 e. The highest BCUT2D eigenvalue weighted by Crippen LogP contribution is 2.21. The number of rotatable bonds is 4. The second-order valence-electron chi connectivity index (χ2n) is 4.95. The molecule has 0 aromatic carbocycles. The van der Waals surface area contributed by atoms with E-state index in [2.05, 4.69) is 22.3 Å². The average molecular weight is 263 g/mol. The van der Waals surface area contributed by atoms with E-state index in [9.17, 15) is 4.79 Å². The number of nitrogens with two attached hydrogens (primary N) is 1. The zero-order chi connectivity index (χ0) is 13.7. The van der Waals surface area contributed by atoms with Crippen molar-refractivity contribution in [3.8, 4) is 0 Å². The van der Waals surface area contributed by atoms with Crippen LogP contribution in [0.1, 0.15) is 38.3 Å². The second kappa shape index (κ2) is 6.47. The van der Waals surface area contributed by atoms with E-state index in [1.807, 2.05) is 4.90 Å². The molecule has 1 atom stereocenters. The van der Waals surface area contributed by atoms with Crippen LogP contribution in [0, 0.1) is 5.92 Å². The van der Waals surface area contributed by atoms with Crippen LogP contribution in [0.4, 0.5) is 5.82 Å². The molecule has 104 valence electrons. The quantitative estimate of drug-likeness (QED) is 0.632. The van der Waals surface area contributed by atoms with Crippen LogP contribution in [-0.2, 0) is 11.3 Å². The SMILES string of the molecule is CCC1CCC(=O)N(Cc2cnc(NN)cn2)CC1. The number of carbonyl (C=O) groups excluding carboxylic acids is 1. The van der Waals surface area contributed by atoms with E-state index in [-0.39, 0.29) is 5.91 Å². The Morgan fingerprint density at radius 1 is 1.42 bits per heavy atom. The molecule has 3 N–H and O–H groups in total. The monoisotopic (exact) mass is 263 g/mol. The summed E-state index contributed by atoms with van der Waals surface area (Å²) in [7, 11) is 0. The zero-order valence-corrected chi connectivity index (χ0v) is 11.3. The Labute approximate surface area is 113 Å². The van der Waals surface area contributed by atoms with Gasteiger partial charge < -0.3 is 10.3 Å². The topological polar surface area (TPSA) is 84.1 Å². The van der Waals surface area contributed by atoms with Gasteiger partial charge in [-0.2, -0.15) is 0 Å². The van der Waals surface area contributed by atoms with Crippen molar-refractivity contribution in [1.29, 1.82) is 0 Å². The van der Waals surface area contributed by atoms with Gasteiger partial charge in [0.05, 0.1) is 24.6 Å². The molecule has 0 radical (unpaired) electrons. The first-order valence-electron chi connectivity index (χ1n) is 6.78. The molecule has 0 aliphatic carbocycles. The fraction of sp³-hybridized carbons (Fsp3) is 0.615. The van der Waals surface area contributed by atoms with Crippen molar-refractivity contribution in [2.75, 3.05) is 12.0 Å². The van der Waals surface area contributed by atoms with Crippen LogP contribution < -0.4 is 11.3 Å². The van der Waals surface area contributed by atoms with Crippen LogP contribution in [-0.4, -0.2) is 27.3 Å².